The van der Waals surface area contributed by atoms with E-state index in [4.69, 9.17) is 4.74 Å². The number of fused-ring (bicyclic) bond motifs is 3. The molecule has 1 fully saturated rings. The van der Waals surface area contributed by atoms with Crippen LogP contribution in [0.2, 0.25) is 0 Å². The smallest absolute Gasteiger partial charge is 0.205 e. The molecular formula is C19H24N2O2. The number of nitrogens with zero attached hydrogens (tertiary/aromatic N) is 1. The lowest BCUT2D eigenvalue weighted by Gasteiger charge is -2.22. The Balaban J connectivity index is 1.61. The molecule has 122 valence electrons. The second kappa shape index (κ2) is 6.36. The summed E-state index contributed by atoms with van der Waals surface area (Å²) in [6.45, 7) is 3.83. The average molecular weight is 312 g/mol. The summed E-state index contributed by atoms with van der Waals surface area (Å²) in [5.74, 6) is 1.73. The Kier molecular flexibility index (Phi) is 4.08. The highest BCUT2D eigenvalue weighted by Crippen LogP contribution is 2.36. The van der Waals surface area contributed by atoms with E-state index in [1.165, 1.54) is 12.8 Å². The van der Waals surface area contributed by atoms with Crippen molar-refractivity contribution in [3.8, 4) is 5.88 Å². The average Bonchev–Trinajstić information content (AvgIpc) is 2.95. The summed E-state index contributed by atoms with van der Waals surface area (Å²) < 4.78 is 8.06. The minimum absolute atomic E-state index is 0.246. The van der Waals surface area contributed by atoms with Gasteiger partial charge in [-0.05, 0) is 50.8 Å². The monoisotopic (exact) mass is 312 g/mol. The molecule has 4 heteroatoms. The summed E-state index contributed by atoms with van der Waals surface area (Å²) in [5.41, 5.74) is 1.95. The Hall–Kier alpha value is -1.81. The summed E-state index contributed by atoms with van der Waals surface area (Å²) in [5, 5.41) is 4.44. The molecule has 3 heterocycles. The van der Waals surface area contributed by atoms with Crippen LogP contribution in [0.4, 0.5) is 0 Å². The summed E-state index contributed by atoms with van der Waals surface area (Å²) in [4.78, 5) is 12.9. The van der Waals surface area contributed by atoms with Gasteiger partial charge in [0.25, 0.3) is 0 Å². The Morgan fingerprint density at radius 3 is 2.96 bits per heavy atom. The van der Waals surface area contributed by atoms with Crippen LogP contribution in [0.15, 0.2) is 24.3 Å². The van der Waals surface area contributed by atoms with Crippen molar-refractivity contribution in [1.82, 2.24) is 9.88 Å². The highest BCUT2D eigenvalue weighted by molar-refractivity contribution is 6.10. The lowest BCUT2D eigenvalue weighted by Crippen LogP contribution is -2.28. The molecule has 4 rings (SSSR count). The van der Waals surface area contributed by atoms with E-state index in [0.717, 1.165) is 54.8 Å². The maximum atomic E-state index is 12.9. The van der Waals surface area contributed by atoms with E-state index in [2.05, 4.69) is 22.0 Å². The fourth-order valence-corrected chi connectivity index (χ4v) is 3.94. The van der Waals surface area contributed by atoms with Gasteiger partial charge in [0.15, 0.2) is 5.78 Å². The molecule has 0 radical (unpaired) electrons. The first-order valence-corrected chi connectivity index (χ1v) is 8.82. The number of carbonyl (C=O) groups excluding carboxylic acids is 1. The molecule has 1 aromatic heterocycles. The van der Waals surface area contributed by atoms with Crippen molar-refractivity contribution in [2.45, 2.75) is 38.6 Å². The van der Waals surface area contributed by atoms with Crippen molar-refractivity contribution in [3.05, 3.63) is 29.8 Å². The number of ether oxygens (including phenoxy) is 1. The third-order valence-corrected chi connectivity index (χ3v) is 5.21. The predicted octanol–water partition coefficient (Wildman–Crippen LogP) is 3.39. The molecule has 1 aromatic carbocycles. The van der Waals surface area contributed by atoms with Crippen LogP contribution in [0.3, 0.4) is 0 Å². The number of hydrogen-bond donors (Lipinski definition) is 1. The molecule has 1 saturated heterocycles. The first-order valence-electron chi connectivity index (χ1n) is 8.82. The molecule has 2 aliphatic rings. The lowest BCUT2D eigenvalue weighted by atomic mass is 9.91. The maximum Gasteiger partial charge on any atom is 0.205 e. The van der Waals surface area contributed by atoms with Crippen molar-refractivity contribution in [3.63, 3.8) is 0 Å². The zero-order chi connectivity index (χ0) is 15.6. The van der Waals surface area contributed by atoms with E-state index in [9.17, 15) is 4.79 Å². The van der Waals surface area contributed by atoms with Crippen LogP contribution in [0.25, 0.3) is 10.9 Å². The first kappa shape index (κ1) is 14.8. The van der Waals surface area contributed by atoms with Crippen LogP contribution in [-0.2, 0) is 6.54 Å². The van der Waals surface area contributed by atoms with E-state index in [1.54, 1.807) is 0 Å². The van der Waals surface area contributed by atoms with Crippen LogP contribution in [0.1, 0.15) is 42.5 Å². The zero-order valence-electron chi connectivity index (χ0n) is 13.5. The molecule has 0 saturated carbocycles. The van der Waals surface area contributed by atoms with Crippen LogP contribution in [0, 0.1) is 5.92 Å². The van der Waals surface area contributed by atoms with Crippen molar-refractivity contribution < 1.29 is 9.53 Å². The zero-order valence-corrected chi connectivity index (χ0v) is 13.5. The number of para-hydroxylation sites is 1. The summed E-state index contributed by atoms with van der Waals surface area (Å²) in [7, 11) is 0. The topological polar surface area (TPSA) is 43.3 Å². The molecule has 0 amide bonds. The van der Waals surface area contributed by atoms with Gasteiger partial charge in [-0.2, -0.15) is 0 Å². The molecule has 0 aliphatic carbocycles. The van der Waals surface area contributed by atoms with E-state index in [1.807, 2.05) is 12.1 Å². The van der Waals surface area contributed by atoms with E-state index >= 15 is 0 Å². The maximum absolute atomic E-state index is 12.9. The SMILES string of the molecule is O=C(CCC1CCNCC1)c1c2n(c3ccccc13)CCCO2. The summed E-state index contributed by atoms with van der Waals surface area (Å²) in [6, 6.07) is 8.20. The minimum Gasteiger partial charge on any atom is -0.478 e. The number of rotatable bonds is 4. The number of nitrogens with one attached hydrogen (secondary N) is 1. The standard InChI is InChI=1S/C19H24N2O2/c22-17(7-6-14-8-10-20-11-9-14)18-15-4-1-2-5-16(15)21-12-3-13-23-19(18)21/h1-2,4-5,14,20H,3,6-13H2. The molecule has 2 aliphatic heterocycles. The van der Waals surface area contributed by atoms with Crippen LogP contribution < -0.4 is 10.1 Å². The fourth-order valence-electron chi connectivity index (χ4n) is 3.94. The highest BCUT2D eigenvalue weighted by atomic mass is 16.5. The molecule has 1 N–H and O–H groups in total. The molecule has 0 spiro atoms. The second-order valence-electron chi connectivity index (χ2n) is 6.71. The first-order chi connectivity index (χ1) is 11.3. The predicted molar refractivity (Wildman–Crippen MR) is 91.2 cm³/mol. The Morgan fingerprint density at radius 2 is 2.09 bits per heavy atom. The van der Waals surface area contributed by atoms with Crippen molar-refractivity contribution >= 4 is 16.7 Å². The van der Waals surface area contributed by atoms with Crippen LogP contribution in [0.5, 0.6) is 5.88 Å². The molecule has 4 nitrogen and oxygen atoms in total. The Morgan fingerprint density at radius 1 is 1.26 bits per heavy atom. The van der Waals surface area contributed by atoms with Gasteiger partial charge in [0.2, 0.25) is 5.88 Å². The molecule has 23 heavy (non-hydrogen) atoms. The lowest BCUT2D eigenvalue weighted by molar-refractivity contribution is 0.0966. The highest BCUT2D eigenvalue weighted by Gasteiger charge is 2.26. The number of aryl methyl sites for hydroxylation is 1. The molecule has 0 bridgehead atoms. The van der Waals surface area contributed by atoms with Gasteiger partial charge in [0, 0.05) is 18.4 Å². The van der Waals surface area contributed by atoms with Gasteiger partial charge < -0.3 is 14.6 Å². The number of hydrogen-bond acceptors (Lipinski definition) is 3. The van der Waals surface area contributed by atoms with Crippen LogP contribution in [-0.4, -0.2) is 30.0 Å². The number of Topliss-reactive ketones (excluding diaryl/α,β-unsaturated/α-hetero) is 1. The second-order valence-corrected chi connectivity index (χ2v) is 6.71. The normalized spacial score (nSPS) is 18.6. The Bertz CT molecular complexity index is 713. The fraction of sp³-hybridized carbons (Fsp3) is 0.526. The number of benzene rings is 1. The molecular weight excluding hydrogens is 288 g/mol. The van der Waals surface area contributed by atoms with Gasteiger partial charge in [-0.3, -0.25) is 4.79 Å². The van der Waals surface area contributed by atoms with E-state index in [-0.39, 0.29) is 5.78 Å². The quantitative estimate of drug-likeness (QED) is 0.880. The number of ketones is 1. The molecule has 0 unspecified atom stereocenters. The summed E-state index contributed by atoms with van der Waals surface area (Å²) >= 11 is 0. The molecule has 0 atom stereocenters. The van der Waals surface area contributed by atoms with Crippen molar-refractivity contribution in [2.75, 3.05) is 19.7 Å². The largest absolute Gasteiger partial charge is 0.478 e. The van der Waals surface area contributed by atoms with Crippen LogP contribution >= 0.6 is 0 Å². The van der Waals surface area contributed by atoms with Gasteiger partial charge in [0.05, 0.1) is 17.7 Å². The number of carbonyl (C=O) groups is 1. The van der Waals surface area contributed by atoms with Gasteiger partial charge in [-0.25, -0.2) is 0 Å². The van der Waals surface area contributed by atoms with Crippen molar-refractivity contribution in [1.29, 1.82) is 0 Å². The van der Waals surface area contributed by atoms with E-state index < -0.39 is 0 Å². The number of piperidine rings is 1. The van der Waals surface area contributed by atoms with Gasteiger partial charge in [0.1, 0.15) is 0 Å². The van der Waals surface area contributed by atoms with Crippen molar-refractivity contribution in [2.24, 2.45) is 5.92 Å². The summed E-state index contributed by atoms with van der Waals surface area (Å²) in [6.07, 6.45) is 5.03. The van der Waals surface area contributed by atoms with Gasteiger partial charge >= 0.3 is 0 Å². The number of aromatic nitrogens is 1. The molecule has 2 aromatic rings. The van der Waals surface area contributed by atoms with E-state index in [0.29, 0.717) is 18.9 Å². The third-order valence-electron chi connectivity index (χ3n) is 5.21. The van der Waals surface area contributed by atoms with Gasteiger partial charge in [-0.15, -0.1) is 0 Å². The van der Waals surface area contributed by atoms with Gasteiger partial charge in [-0.1, -0.05) is 18.2 Å². The third kappa shape index (κ3) is 2.76. The minimum atomic E-state index is 0.246. The Labute approximate surface area is 136 Å².